The van der Waals surface area contributed by atoms with Gasteiger partial charge in [-0.1, -0.05) is 18.2 Å². The molecule has 1 saturated heterocycles. The Morgan fingerprint density at radius 1 is 1.00 bits per heavy atom. The third-order valence-electron chi connectivity index (χ3n) is 5.12. The van der Waals surface area contributed by atoms with Gasteiger partial charge in [0.1, 0.15) is 0 Å². The summed E-state index contributed by atoms with van der Waals surface area (Å²) >= 11 is 0. The molecule has 2 aromatic carbocycles. The van der Waals surface area contributed by atoms with E-state index in [1.807, 2.05) is 30.3 Å². The van der Waals surface area contributed by atoms with Crippen LogP contribution < -0.4 is 4.90 Å². The van der Waals surface area contributed by atoms with Crippen LogP contribution >= 0.6 is 0 Å². The lowest BCUT2D eigenvalue weighted by Gasteiger charge is -2.35. The molecule has 0 unspecified atom stereocenters. The average Bonchev–Trinajstić information content (AvgIpc) is 2.63. The number of carbonyl (C=O) groups is 2. The topological polar surface area (TPSA) is 43.9 Å². The van der Waals surface area contributed by atoms with Gasteiger partial charge in [0.15, 0.2) is 0 Å². The molecule has 5 heteroatoms. The minimum Gasteiger partial charge on any atom is -0.368 e. The van der Waals surface area contributed by atoms with Gasteiger partial charge >= 0.3 is 0 Å². The first-order chi connectivity index (χ1) is 12.1. The number of amides is 2. The van der Waals surface area contributed by atoms with Crippen molar-refractivity contribution in [2.24, 2.45) is 0 Å². The van der Waals surface area contributed by atoms with Gasteiger partial charge in [-0.2, -0.15) is 0 Å². The molecule has 0 bridgehead atoms. The van der Waals surface area contributed by atoms with Gasteiger partial charge in [0.05, 0.1) is 0 Å². The Morgan fingerprint density at radius 2 is 1.68 bits per heavy atom. The van der Waals surface area contributed by atoms with Crippen molar-refractivity contribution >= 4 is 28.3 Å². The van der Waals surface area contributed by atoms with E-state index in [0.717, 1.165) is 42.6 Å². The molecule has 2 amide bonds. The molecule has 0 spiro atoms. The number of anilines is 1. The first-order valence-electron chi connectivity index (χ1n) is 8.58. The van der Waals surface area contributed by atoms with Crippen LogP contribution in [-0.2, 0) is 0 Å². The average molecular weight is 335 g/mol. The van der Waals surface area contributed by atoms with Crippen LogP contribution in [0.5, 0.6) is 0 Å². The van der Waals surface area contributed by atoms with E-state index >= 15 is 0 Å². The van der Waals surface area contributed by atoms with E-state index in [4.69, 9.17) is 0 Å². The third kappa shape index (κ3) is 2.43. The number of rotatable bonds is 3. The number of nitrogens with zero attached hydrogens (tertiary/aromatic N) is 3. The molecule has 5 nitrogen and oxygen atoms in total. The van der Waals surface area contributed by atoms with E-state index in [2.05, 4.69) is 23.4 Å². The number of piperazine rings is 1. The molecule has 0 saturated carbocycles. The maximum atomic E-state index is 12.8. The van der Waals surface area contributed by atoms with Crippen molar-refractivity contribution in [2.75, 3.05) is 44.7 Å². The van der Waals surface area contributed by atoms with Crippen molar-refractivity contribution in [2.45, 2.75) is 0 Å². The highest BCUT2D eigenvalue weighted by molar-refractivity contribution is 6.26. The molecule has 2 heterocycles. The van der Waals surface area contributed by atoms with Crippen LogP contribution in [-0.4, -0.2) is 61.4 Å². The monoisotopic (exact) mass is 335 g/mol. The minimum atomic E-state index is -0.237. The fourth-order valence-corrected chi connectivity index (χ4v) is 3.75. The quantitative estimate of drug-likeness (QED) is 0.638. The molecule has 2 aliphatic heterocycles. The zero-order valence-corrected chi connectivity index (χ0v) is 14.4. The predicted octanol–water partition coefficient (Wildman–Crippen LogP) is 2.37. The molecule has 25 heavy (non-hydrogen) atoms. The number of likely N-dealkylation sites (N-methyl/N-ethyl adjacent to an activating group) is 1. The molecule has 2 aliphatic rings. The van der Waals surface area contributed by atoms with E-state index in [9.17, 15) is 9.59 Å². The summed E-state index contributed by atoms with van der Waals surface area (Å²) in [4.78, 5) is 31.5. The molecule has 128 valence electrons. The molecule has 1 fully saturated rings. The molecular weight excluding hydrogens is 314 g/mol. The summed E-state index contributed by atoms with van der Waals surface area (Å²) in [7, 11) is 2.13. The highest BCUT2D eigenvalue weighted by Crippen LogP contribution is 2.36. The van der Waals surface area contributed by atoms with E-state index in [1.54, 1.807) is 6.08 Å². The molecule has 0 aliphatic carbocycles. The Kier molecular flexibility index (Phi) is 3.81. The molecule has 0 atom stereocenters. The van der Waals surface area contributed by atoms with Crippen molar-refractivity contribution in [1.29, 1.82) is 0 Å². The maximum absolute atomic E-state index is 12.8. The fourth-order valence-electron chi connectivity index (χ4n) is 3.75. The normalized spacial score (nSPS) is 18.1. The lowest BCUT2D eigenvalue weighted by Crippen LogP contribution is -2.44. The Balaban J connectivity index is 1.87. The van der Waals surface area contributed by atoms with Gasteiger partial charge in [0.2, 0.25) is 0 Å². The van der Waals surface area contributed by atoms with Gasteiger partial charge in [-0.3, -0.25) is 14.5 Å². The lowest BCUT2D eigenvalue weighted by molar-refractivity contribution is 0.0629. The number of carbonyl (C=O) groups excluding carboxylic acids is 2. The van der Waals surface area contributed by atoms with E-state index < -0.39 is 0 Å². The van der Waals surface area contributed by atoms with Crippen LogP contribution in [0.4, 0.5) is 5.69 Å². The summed E-state index contributed by atoms with van der Waals surface area (Å²) < 4.78 is 0. The van der Waals surface area contributed by atoms with Crippen molar-refractivity contribution in [1.82, 2.24) is 9.80 Å². The predicted molar refractivity (Wildman–Crippen MR) is 99.2 cm³/mol. The molecule has 4 rings (SSSR count). The Morgan fingerprint density at radius 3 is 2.36 bits per heavy atom. The van der Waals surface area contributed by atoms with E-state index in [0.29, 0.717) is 11.1 Å². The second-order valence-electron chi connectivity index (χ2n) is 6.66. The standard InChI is InChI=1S/C20H21N3O2/c1-3-9-23-19(24)15-6-4-5-14-17(22-12-10-21(2)11-13-22)8-7-16(18(14)15)20(23)25/h3-8H,1,9-13H2,2H3. The second-order valence-corrected chi connectivity index (χ2v) is 6.66. The summed E-state index contributed by atoms with van der Waals surface area (Å²) in [6.07, 6.45) is 1.58. The summed E-state index contributed by atoms with van der Waals surface area (Å²) in [6.45, 7) is 7.79. The zero-order valence-electron chi connectivity index (χ0n) is 14.4. The maximum Gasteiger partial charge on any atom is 0.261 e. The van der Waals surface area contributed by atoms with Gasteiger partial charge in [-0.15, -0.1) is 6.58 Å². The van der Waals surface area contributed by atoms with E-state index in [-0.39, 0.29) is 18.4 Å². The van der Waals surface area contributed by atoms with Gasteiger partial charge < -0.3 is 9.80 Å². The third-order valence-corrected chi connectivity index (χ3v) is 5.12. The highest BCUT2D eigenvalue weighted by atomic mass is 16.2. The van der Waals surface area contributed by atoms with Crippen LogP contribution in [0.3, 0.4) is 0 Å². The minimum absolute atomic E-state index is 0.230. The van der Waals surface area contributed by atoms with Crippen molar-refractivity contribution in [3.8, 4) is 0 Å². The Labute approximate surface area is 147 Å². The van der Waals surface area contributed by atoms with Gasteiger partial charge in [0.25, 0.3) is 11.8 Å². The van der Waals surface area contributed by atoms with Crippen LogP contribution in [0.25, 0.3) is 10.8 Å². The smallest absolute Gasteiger partial charge is 0.261 e. The van der Waals surface area contributed by atoms with Gasteiger partial charge in [-0.05, 0) is 25.2 Å². The summed E-state index contributed by atoms with van der Waals surface area (Å²) in [5.74, 6) is -0.475. The molecule has 0 N–H and O–H groups in total. The Hall–Kier alpha value is -2.66. The number of hydrogen-bond donors (Lipinski definition) is 0. The lowest BCUT2D eigenvalue weighted by atomic mass is 9.92. The molecular formula is C20H21N3O2. The number of hydrogen-bond acceptors (Lipinski definition) is 4. The first kappa shape index (κ1) is 15.8. The summed E-state index contributed by atoms with van der Waals surface area (Å²) in [5.41, 5.74) is 2.31. The first-order valence-corrected chi connectivity index (χ1v) is 8.58. The van der Waals surface area contributed by atoms with Crippen molar-refractivity contribution < 1.29 is 9.59 Å². The van der Waals surface area contributed by atoms with Crippen molar-refractivity contribution in [3.05, 3.63) is 54.1 Å². The van der Waals surface area contributed by atoms with Crippen LogP contribution in [0.1, 0.15) is 20.7 Å². The number of imide groups is 1. The van der Waals surface area contributed by atoms with Crippen LogP contribution in [0, 0.1) is 0 Å². The number of benzene rings is 2. The fraction of sp³-hybridized carbons (Fsp3) is 0.300. The second kappa shape index (κ2) is 6.01. The highest BCUT2D eigenvalue weighted by Gasteiger charge is 2.33. The molecule has 0 radical (unpaired) electrons. The van der Waals surface area contributed by atoms with Gasteiger partial charge in [-0.25, -0.2) is 0 Å². The van der Waals surface area contributed by atoms with Gasteiger partial charge in [0, 0.05) is 60.3 Å². The molecule has 0 aromatic heterocycles. The van der Waals surface area contributed by atoms with Crippen LogP contribution in [0.15, 0.2) is 43.0 Å². The van der Waals surface area contributed by atoms with Crippen molar-refractivity contribution in [3.63, 3.8) is 0 Å². The zero-order chi connectivity index (χ0) is 17.6. The Bertz CT molecular complexity index is 860. The molecule has 2 aromatic rings. The largest absolute Gasteiger partial charge is 0.368 e. The van der Waals surface area contributed by atoms with Crippen LogP contribution in [0.2, 0.25) is 0 Å². The SMILES string of the molecule is C=CCN1C(=O)c2cccc3c(N4CCN(C)CC4)ccc(c23)C1=O. The summed E-state index contributed by atoms with van der Waals surface area (Å²) in [5, 5.41) is 1.77. The summed E-state index contributed by atoms with van der Waals surface area (Å²) in [6, 6.07) is 9.61. The van der Waals surface area contributed by atoms with E-state index in [1.165, 1.54) is 4.90 Å².